The van der Waals surface area contributed by atoms with Crippen molar-refractivity contribution >= 4 is 17.6 Å². The van der Waals surface area contributed by atoms with Crippen LogP contribution < -0.4 is 4.74 Å². The molecule has 3 nitrogen and oxygen atoms in total. The Balaban J connectivity index is 2.69. The molecule has 0 aliphatic carbocycles. The minimum Gasteiger partial charge on any atom is -0.492 e. The third kappa shape index (κ3) is 3.91. The molecule has 1 N–H and O–H groups in total. The molecule has 0 spiro atoms. The Morgan fingerprint density at radius 3 is 2.61 bits per heavy atom. The van der Waals surface area contributed by atoms with Crippen molar-refractivity contribution in [2.45, 2.75) is 33.6 Å². The van der Waals surface area contributed by atoms with Crippen LogP contribution in [0.1, 0.15) is 32.8 Å². The molecule has 0 aromatic heterocycles. The molecule has 0 fully saturated rings. The van der Waals surface area contributed by atoms with Gasteiger partial charge in [0.15, 0.2) is 0 Å². The molecule has 100 valence electrons. The average molecular weight is 271 g/mol. The van der Waals surface area contributed by atoms with Gasteiger partial charge >= 0.3 is 5.97 Å². The van der Waals surface area contributed by atoms with Crippen LogP contribution in [0.3, 0.4) is 0 Å². The van der Waals surface area contributed by atoms with Crippen molar-refractivity contribution in [1.29, 1.82) is 0 Å². The molecule has 0 radical (unpaired) electrons. The second-order valence-electron chi connectivity index (χ2n) is 4.89. The van der Waals surface area contributed by atoms with Crippen molar-refractivity contribution in [3.8, 4) is 5.75 Å². The first kappa shape index (κ1) is 14.8. The molecule has 4 heteroatoms. The highest BCUT2D eigenvalue weighted by molar-refractivity contribution is 6.32. The van der Waals surface area contributed by atoms with Gasteiger partial charge in [-0.1, -0.05) is 17.7 Å². The number of aryl methyl sites for hydroxylation is 1. The number of benzene rings is 1. The van der Waals surface area contributed by atoms with Crippen LogP contribution in [0.5, 0.6) is 5.75 Å². The number of halogens is 1. The summed E-state index contributed by atoms with van der Waals surface area (Å²) >= 11 is 6.08. The molecule has 0 bridgehead atoms. The molecular weight excluding hydrogens is 252 g/mol. The third-order valence-electron chi connectivity index (χ3n) is 2.91. The zero-order valence-electron chi connectivity index (χ0n) is 11.0. The summed E-state index contributed by atoms with van der Waals surface area (Å²) in [4.78, 5) is 11.0. The van der Waals surface area contributed by atoms with Gasteiger partial charge in [-0.05, 0) is 51.3 Å². The summed E-state index contributed by atoms with van der Waals surface area (Å²) in [5, 5.41) is 9.61. The normalized spacial score (nSPS) is 11.3. The van der Waals surface area contributed by atoms with E-state index >= 15 is 0 Å². The maximum absolute atomic E-state index is 11.0. The quantitative estimate of drug-likeness (QED) is 0.856. The molecule has 0 saturated heterocycles. The van der Waals surface area contributed by atoms with E-state index in [1.807, 2.05) is 25.1 Å². The third-order valence-corrected chi connectivity index (χ3v) is 3.21. The molecule has 0 heterocycles. The van der Waals surface area contributed by atoms with Crippen LogP contribution in [0.2, 0.25) is 5.02 Å². The molecular formula is C14H19ClO3. The van der Waals surface area contributed by atoms with Gasteiger partial charge < -0.3 is 9.84 Å². The van der Waals surface area contributed by atoms with Gasteiger partial charge in [0.25, 0.3) is 0 Å². The monoisotopic (exact) mass is 270 g/mol. The lowest BCUT2D eigenvalue weighted by Gasteiger charge is -2.18. The Morgan fingerprint density at radius 2 is 2.11 bits per heavy atom. The van der Waals surface area contributed by atoms with Gasteiger partial charge in [0.2, 0.25) is 0 Å². The van der Waals surface area contributed by atoms with E-state index in [0.29, 0.717) is 30.2 Å². The summed E-state index contributed by atoms with van der Waals surface area (Å²) < 4.78 is 5.35. The van der Waals surface area contributed by atoms with Crippen LogP contribution in [-0.2, 0) is 11.2 Å². The van der Waals surface area contributed by atoms with Gasteiger partial charge in [-0.3, -0.25) is 4.79 Å². The molecule has 0 unspecified atom stereocenters. The van der Waals surface area contributed by atoms with Gasteiger partial charge in [-0.25, -0.2) is 0 Å². The predicted molar refractivity (Wildman–Crippen MR) is 72.4 cm³/mol. The first-order valence-corrected chi connectivity index (χ1v) is 6.39. The minimum atomic E-state index is -0.778. The summed E-state index contributed by atoms with van der Waals surface area (Å²) in [6.07, 6.45) is 1.26. The highest BCUT2D eigenvalue weighted by atomic mass is 35.5. The van der Waals surface area contributed by atoms with Crippen LogP contribution in [0.25, 0.3) is 0 Å². The lowest BCUT2D eigenvalue weighted by Crippen LogP contribution is -2.24. The Hall–Kier alpha value is -1.22. The highest BCUT2D eigenvalue weighted by Gasteiger charge is 2.26. The Kier molecular flexibility index (Phi) is 5.03. The summed E-state index contributed by atoms with van der Waals surface area (Å²) in [5.74, 6) is -0.111. The van der Waals surface area contributed by atoms with Crippen LogP contribution in [0.15, 0.2) is 18.2 Å². The SMILES string of the molecule is CCOc1ccc(CCC(C)(C)C(=O)O)cc1Cl. The number of rotatable bonds is 6. The first-order chi connectivity index (χ1) is 8.36. The number of carbonyl (C=O) groups is 1. The molecule has 0 aliphatic rings. The van der Waals surface area contributed by atoms with Gasteiger partial charge in [0.1, 0.15) is 5.75 Å². The lowest BCUT2D eigenvalue weighted by molar-refractivity contribution is -0.147. The molecule has 1 aromatic rings. The summed E-state index contributed by atoms with van der Waals surface area (Å²) in [7, 11) is 0. The molecule has 1 rings (SSSR count). The molecule has 0 amide bonds. The van der Waals surface area contributed by atoms with Gasteiger partial charge in [-0.2, -0.15) is 0 Å². The zero-order chi connectivity index (χ0) is 13.8. The van der Waals surface area contributed by atoms with Crippen molar-refractivity contribution in [2.24, 2.45) is 5.41 Å². The van der Waals surface area contributed by atoms with Crippen molar-refractivity contribution in [2.75, 3.05) is 6.61 Å². The first-order valence-electron chi connectivity index (χ1n) is 6.01. The summed E-state index contributed by atoms with van der Waals surface area (Å²) in [6.45, 7) is 5.93. The number of carboxylic acid groups (broad SMARTS) is 1. The van der Waals surface area contributed by atoms with Crippen molar-refractivity contribution in [3.63, 3.8) is 0 Å². The average Bonchev–Trinajstić information content (AvgIpc) is 2.30. The fraction of sp³-hybridized carbons (Fsp3) is 0.500. The van der Waals surface area contributed by atoms with E-state index in [0.717, 1.165) is 5.56 Å². The standard InChI is InChI=1S/C14H19ClO3/c1-4-18-12-6-5-10(9-11(12)15)7-8-14(2,3)13(16)17/h5-6,9H,4,7-8H2,1-3H3,(H,16,17). The Labute approximate surface area is 113 Å². The molecule has 1 aromatic carbocycles. The number of hydrogen-bond donors (Lipinski definition) is 1. The minimum absolute atomic E-state index is 0.572. The summed E-state index contributed by atoms with van der Waals surface area (Å²) in [6, 6.07) is 5.59. The van der Waals surface area contributed by atoms with E-state index in [2.05, 4.69) is 0 Å². The van der Waals surface area contributed by atoms with E-state index in [-0.39, 0.29) is 0 Å². The van der Waals surface area contributed by atoms with Gasteiger partial charge in [0.05, 0.1) is 17.0 Å². The Morgan fingerprint density at radius 1 is 1.44 bits per heavy atom. The van der Waals surface area contributed by atoms with E-state index in [1.165, 1.54) is 0 Å². The van der Waals surface area contributed by atoms with Crippen LogP contribution in [0, 0.1) is 5.41 Å². The molecule has 18 heavy (non-hydrogen) atoms. The number of ether oxygens (including phenoxy) is 1. The fourth-order valence-electron chi connectivity index (χ4n) is 1.54. The molecule has 0 saturated carbocycles. The predicted octanol–water partition coefficient (Wildman–Crippen LogP) is 3.78. The topological polar surface area (TPSA) is 46.5 Å². The molecule has 0 aliphatic heterocycles. The van der Waals surface area contributed by atoms with Crippen molar-refractivity contribution in [1.82, 2.24) is 0 Å². The number of aliphatic carboxylic acids is 1. The van der Waals surface area contributed by atoms with E-state index in [4.69, 9.17) is 21.4 Å². The lowest BCUT2D eigenvalue weighted by atomic mass is 9.86. The van der Waals surface area contributed by atoms with Crippen LogP contribution in [0.4, 0.5) is 0 Å². The fourth-order valence-corrected chi connectivity index (χ4v) is 1.79. The highest BCUT2D eigenvalue weighted by Crippen LogP contribution is 2.28. The maximum Gasteiger partial charge on any atom is 0.309 e. The number of carboxylic acids is 1. The van der Waals surface area contributed by atoms with Crippen LogP contribution >= 0.6 is 11.6 Å². The van der Waals surface area contributed by atoms with Gasteiger partial charge in [-0.15, -0.1) is 0 Å². The van der Waals surface area contributed by atoms with E-state index in [9.17, 15) is 4.79 Å². The van der Waals surface area contributed by atoms with E-state index in [1.54, 1.807) is 13.8 Å². The second kappa shape index (κ2) is 6.10. The van der Waals surface area contributed by atoms with Crippen molar-refractivity contribution in [3.05, 3.63) is 28.8 Å². The zero-order valence-corrected chi connectivity index (χ0v) is 11.8. The van der Waals surface area contributed by atoms with E-state index < -0.39 is 11.4 Å². The maximum atomic E-state index is 11.0. The van der Waals surface area contributed by atoms with Gasteiger partial charge in [0, 0.05) is 0 Å². The smallest absolute Gasteiger partial charge is 0.309 e. The summed E-state index contributed by atoms with van der Waals surface area (Å²) in [5.41, 5.74) is 0.309. The Bertz CT molecular complexity index is 427. The second-order valence-corrected chi connectivity index (χ2v) is 5.29. The molecule has 0 atom stereocenters. The largest absolute Gasteiger partial charge is 0.492 e. The van der Waals surface area contributed by atoms with Crippen LogP contribution in [-0.4, -0.2) is 17.7 Å². The van der Waals surface area contributed by atoms with Crippen molar-refractivity contribution < 1.29 is 14.6 Å². The number of hydrogen-bond acceptors (Lipinski definition) is 2.